The highest BCUT2D eigenvalue weighted by Crippen LogP contribution is 2.25. The molecule has 20 heavy (non-hydrogen) atoms. The predicted molar refractivity (Wildman–Crippen MR) is 83.1 cm³/mol. The molecule has 0 radical (unpaired) electrons. The molecule has 4 nitrogen and oxygen atoms in total. The van der Waals surface area contributed by atoms with Gasteiger partial charge in [0.2, 0.25) is 0 Å². The number of nitrogens with one attached hydrogen (secondary N) is 1. The Morgan fingerprint density at radius 3 is 2.50 bits per heavy atom. The van der Waals surface area contributed by atoms with Crippen LogP contribution >= 0.6 is 11.6 Å². The van der Waals surface area contributed by atoms with Crippen molar-refractivity contribution in [3.63, 3.8) is 0 Å². The maximum atomic E-state index is 5.87. The van der Waals surface area contributed by atoms with E-state index in [-0.39, 0.29) is 5.41 Å². The SMILES string of the molecule is CCNc1cc(C(C)(C)C)nc(-c2ccc(Cl)cn2)n1. The molecule has 0 aliphatic rings. The van der Waals surface area contributed by atoms with Crippen LogP contribution in [0.1, 0.15) is 33.4 Å². The standard InChI is InChI=1S/C15H19ClN4/c1-5-17-13-8-12(15(2,3)4)19-14(20-13)11-7-6-10(16)9-18-11/h6-9H,5H2,1-4H3,(H,17,19,20). The molecule has 0 aliphatic heterocycles. The van der Waals surface area contributed by atoms with Crippen molar-refractivity contribution in [2.45, 2.75) is 33.1 Å². The van der Waals surface area contributed by atoms with Gasteiger partial charge in [-0.1, -0.05) is 32.4 Å². The zero-order valence-electron chi connectivity index (χ0n) is 12.2. The second-order valence-electron chi connectivity index (χ2n) is 5.60. The Kier molecular flexibility index (Phi) is 4.23. The van der Waals surface area contributed by atoms with Gasteiger partial charge in [0.25, 0.3) is 0 Å². The molecule has 0 fully saturated rings. The minimum absolute atomic E-state index is 0.0473. The summed E-state index contributed by atoms with van der Waals surface area (Å²) in [5, 5.41) is 3.84. The second-order valence-corrected chi connectivity index (χ2v) is 6.04. The third kappa shape index (κ3) is 3.45. The monoisotopic (exact) mass is 290 g/mol. The quantitative estimate of drug-likeness (QED) is 0.931. The van der Waals surface area contributed by atoms with Crippen LogP contribution in [0.15, 0.2) is 24.4 Å². The van der Waals surface area contributed by atoms with Crippen LogP contribution in [0.2, 0.25) is 5.02 Å². The summed E-state index contributed by atoms with van der Waals surface area (Å²) < 4.78 is 0. The minimum atomic E-state index is -0.0473. The molecule has 0 atom stereocenters. The van der Waals surface area contributed by atoms with Crippen LogP contribution in [0.3, 0.4) is 0 Å². The first-order valence-electron chi connectivity index (χ1n) is 6.65. The molecule has 0 aromatic carbocycles. The van der Waals surface area contributed by atoms with Crippen LogP contribution in [0.5, 0.6) is 0 Å². The molecule has 2 heterocycles. The fourth-order valence-electron chi connectivity index (χ4n) is 1.73. The predicted octanol–water partition coefficient (Wildman–Crippen LogP) is 3.92. The van der Waals surface area contributed by atoms with E-state index < -0.39 is 0 Å². The smallest absolute Gasteiger partial charge is 0.180 e. The number of pyridine rings is 1. The highest BCUT2D eigenvalue weighted by atomic mass is 35.5. The molecule has 0 spiro atoms. The van der Waals surface area contributed by atoms with Gasteiger partial charge < -0.3 is 5.32 Å². The summed E-state index contributed by atoms with van der Waals surface area (Å²) in [6.45, 7) is 9.24. The van der Waals surface area contributed by atoms with Crippen molar-refractivity contribution in [2.24, 2.45) is 0 Å². The summed E-state index contributed by atoms with van der Waals surface area (Å²) in [5.41, 5.74) is 1.66. The van der Waals surface area contributed by atoms with Crippen molar-refractivity contribution in [1.29, 1.82) is 0 Å². The van der Waals surface area contributed by atoms with Crippen molar-refractivity contribution in [3.8, 4) is 11.5 Å². The van der Waals surface area contributed by atoms with Crippen molar-refractivity contribution >= 4 is 17.4 Å². The van der Waals surface area contributed by atoms with Gasteiger partial charge in [-0.25, -0.2) is 9.97 Å². The summed E-state index contributed by atoms with van der Waals surface area (Å²) in [7, 11) is 0. The zero-order valence-corrected chi connectivity index (χ0v) is 13.0. The van der Waals surface area contributed by atoms with Crippen LogP contribution in [0, 0.1) is 0 Å². The molecule has 2 aromatic heterocycles. The van der Waals surface area contributed by atoms with Gasteiger partial charge in [0, 0.05) is 24.2 Å². The maximum Gasteiger partial charge on any atom is 0.180 e. The zero-order chi connectivity index (χ0) is 14.8. The molecule has 2 rings (SSSR count). The molecule has 0 bridgehead atoms. The topological polar surface area (TPSA) is 50.7 Å². The number of aromatic nitrogens is 3. The van der Waals surface area contributed by atoms with Crippen LogP contribution in [0.25, 0.3) is 11.5 Å². The first-order valence-corrected chi connectivity index (χ1v) is 7.03. The fourth-order valence-corrected chi connectivity index (χ4v) is 1.84. The summed E-state index contributed by atoms with van der Waals surface area (Å²) >= 11 is 5.87. The van der Waals surface area contributed by atoms with Gasteiger partial charge in [-0.3, -0.25) is 4.98 Å². The molecule has 2 aromatic rings. The van der Waals surface area contributed by atoms with Gasteiger partial charge in [-0.2, -0.15) is 0 Å². The lowest BCUT2D eigenvalue weighted by molar-refractivity contribution is 0.568. The van der Waals surface area contributed by atoms with E-state index >= 15 is 0 Å². The Morgan fingerprint density at radius 2 is 1.95 bits per heavy atom. The summed E-state index contributed by atoms with van der Waals surface area (Å²) in [6.07, 6.45) is 1.61. The van der Waals surface area contributed by atoms with E-state index in [1.807, 2.05) is 19.1 Å². The molecule has 0 amide bonds. The lowest BCUT2D eigenvalue weighted by Gasteiger charge is -2.19. The third-order valence-corrected chi connectivity index (χ3v) is 3.03. The highest BCUT2D eigenvalue weighted by molar-refractivity contribution is 6.30. The van der Waals surface area contributed by atoms with Crippen molar-refractivity contribution in [1.82, 2.24) is 15.0 Å². The third-order valence-electron chi connectivity index (χ3n) is 2.81. The van der Waals surface area contributed by atoms with E-state index in [4.69, 9.17) is 11.6 Å². The summed E-state index contributed by atoms with van der Waals surface area (Å²) in [4.78, 5) is 13.4. The van der Waals surface area contributed by atoms with Gasteiger partial charge in [0.05, 0.1) is 10.7 Å². The van der Waals surface area contributed by atoms with Crippen molar-refractivity contribution in [3.05, 3.63) is 35.1 Å². The van der Waals surface area contributed by atoms with Gasteiger partial charge in [0.15, 0.2) is 5.82 Å². The van der Waals surface area contributed by atoms with Crippen LogP contribution in [-0.2, 0) is 5.41 Å². The number of anilines is 1. The first kappa shape index (κ1) is 14.7. The lowest BCUT2D eigenvalue weighted by Crippen LogP contribution is -2.16. The molecule has 0 saturated heterocycles. The number of rotatable bonds is 3. The van der Waals surface area contributed by atoms with Crippen molar-refractivity contribution in [2.75, 3.05) is 11.9 Å². The van der Waals surface area contributed by atoms with E-state index in [0.717, 1.165) is 23.8 Å². The molecule has 5 heteroatoms. The normalized spacial score (nSPS) is 11.4. The molecule has 0 unspecified atom stereocenters. The van der Waals surface area contributed by atoms with Crippen LogP contribution in [-0.4, -0.2) is 21.5 Å². The first-order chi connectivity index (χ1) is 9.40. The van der Waals surface area contributed by atoms with Gasteiger partial charge in [-0.15, -0.1) is 0 Å². The molecule has 0 saturated carbocycles. The van der Waals surface area contributed by atoms with Gasteiger partial charge >= 0.3 is 0 Å². The molecule has 1 N–H and O–H groups in total. The number of halogens is 1. The fraction of sp³-hybridized carbons (Fsp3) is 0.400. The second kappa shape index (κ2) is 5.75. The molecule has 0 aliphatic carbocycles. The summed E-state index contributed by atoms with van der Waals surface area (Å²) in [5.74, 6) is 1.43. The Balaban J connectivity index is 2.51. The number of hydrogen-bond donors (Lipinski definition) is 1. The lowest BCUT2D eigenvalue weighted by atomic mass is 9.92. The van der Waals surface area contributed by atoms with E-state index in [1.165, 1.54) is 0 Å². The Labute approximate surface area is 124 Å². The highest BCUT2D eigenvalue weighted by Gasteiger charge is 2.18. The van der Waals surface area contributed by atoms with Crippen LogP contribution in [0.4, 0.5) is 5.82 Å². The Morgan fingerprint density at radius 1 is 1.20 bits per heavy atom. The van der Waals surface area contributed by atoms with E-state index in [2.05, 4.69) is 41.0 Å². The number of hydrogen-bond acceptors (Lipinski definition) is 4. The Bertz CT molecular complexity index is 588. The summed E-state index contributed by atoms with van der Waals surface area (Å²) in [6, 6.07) is 5.62. The van der Waals surface area contributed by atoms with E-state index in [1.54, 1.807) is 12.3 Å². The number of nitrogens with zero attached hydrogens (tertiary/aromatic N) is 3. The average Bonchev–Trinajstić information content (AvgIpc) is 2.38. The van der Waals surface area contributed by atoms with Gasteiger partial charge in [0.1, 0.15) is 11.5 Å². The largest absolute Gasteiger partial charge is 0.370 e. The average molecular weight is 291 g/mol. The van der Waals surface area contributed by atoms with E-state index in [0.29, 0.717) is 10.8 Å². The van der Waals surface area contributed by atoms with Crippen LogP contribution < -0.4 is 5.32 Å². The molecular weight excluding hydrogens is 272 g/mol. The van der Waals surface area contributed by atoms with Crippen molar-refractivity contribution < 1.29 is 0 Å². The molecule has 106 valence electrons. The maximum absolute atomic E-state index is 5.87. The molecular formula is C15H19ClN4. The minimum Gasteiger partial charge on any atom is -0.370 e. The van der Waals surface area contributed by atoms with E-state index in [9.17, 15) is 0 Å². The van der Waals surface area contributed by atoms with Gasteiger partial charge in [-0.05, 0) is 19.1 Å². The Hall–Kier alpha value is -1.68.